The second-order valence-corrected chi connectivity index (χ2v) is 4.98. The Morgan fingerprint density at radius 3 is 2.55 bits per heavy atom. The number of urea groups is 1. The number of imide groups is 1. The minimum Gasteiger partial charge on any atom is -0.320 e. The van der Waals surface area contributed by atoms with E-state index in [2.05, 4.69) is 0 Å². The highest BCUT2D eigenvalue weighted by Crippen LogP contribution is 2.30. The van der Waals surface area contributed by atoms with Crippen LogP contribution in [0, 0.1) is 10.1 Å². The van der Waals surface area contributed by atoms with E-state index in [0.717, 1.165) is 17.7 Å². The summed E-state index contributed by atoms with van der Waals surface area (Å²) in [5.41, 5.74) is 0.320. The molecular weight excluding hydrogens is 262 g/mol. The standard InChI is InChI=1S/C13H13N3O4/c17-12-8-11-2-1-7-14(11)13(18)15(12)9-3-5-10(6-4-9)16(19)20/h3-6,11H,1-2,7-8H2. The molecule has 2 aliphatic heterocycles. The zero-order valence-corrected chi connectivity index (χ0v) is 10.7. The van der Waals surface area contributed by atoms with Gasteiger partial charge in [-0.25, -0.2) is 9.69 Å². The summed E-state index contributed by atoms with van der Waals surface area (Å²) in [6.45, 7) is 0.667. The molecule has 7 heteroatoms. The van der Waals surface area contributed by atoms with Gasteiger partial charge in [-0.1, -0.05) is 0 Å². The minimum atomic E-state index is -0.514. The van der Waals surface area contributed by atoms with Crippen molar-refractivity contribution in [2.75, 3.05) is 11.4 Å². The number of nitro groups is 1. The Labute approximate surface area is 114 Å². The molecule has 0 aromatic heterocycles. The third-order valence-electron chi connectivity index (χ3n) is 3.79. The molecule has 2 saturated heterocycles. The summed E-state index contributed by atoms with van der Waals surface area (Å²) in [4.78, 5) is 37.4. The van der Waals surface area contributed by atoms with Crippen LogP contribution in [0.5, 0.6) is 0 Å². The van der Waals surface area contributed by atoms with Crippen molar-refractivity contribution in [3.63, 3.8) is 0 Å². The first-order valence-corrected chi connectivity index (χ1v) is 6.46. The first-order valence-electron chi connectivity index (χ1n) is 6.46. The molecule has 1 aromatic carbocycles. The Bertz CT molecular complexity index is 584. The Balaban J connectivity index is 1.90. The summed E-state index contributed by atoms with van der Waals surface area (Å²) >= 11 is 0. The van der Waals surface area contributed by atoms with Crippen LogP contribution in [0.2, 0.25) is 0 Å². The highest BCUT2D eigenvalue weighted by Gasteiger charge is 2.41. The van der Waals surface area contributed by atoms with Crippen molar-refractivity contribution in [1.29, 1.82) is 0 Å². The Morgan fingerprint density at radius 2 is 1.90 bits per heavy atom. The number of rotatable bonds is 2. The number of hydrogen-bond acceptors (Lipinski definition) is 4. The molecule has 2 aliphatic rings. The van der Waals surface area contributed by atoms with E-state index in [1.807, 2.05) is 0 Å². The molecular formula is C13H13N3O4. The van der Waals surface area contributed by atoms with Gasteiger partial charge in [0.25, 0.3) is 5.69 Å². The number of fused-ring (bicyclic) bond motifs is 1. The summed E-state index contributed by atoms with van der Waals surface area (Å²) in [7, 11) is 0. The number of nitro benzene ring substituents is 1. The van der Waals surface area contributed by atoms with E-state index in [9.17, 15) is 19.7 Å². The largest absolute Gasteiger partial charge is 0.331 e. The van der Waals surface area contributed by atoms with Crippen LogP contribution in [-0.2, 0) is 4.79 Å². The number of carbonyl (C=O) groups excluding carboxylic acids is 2. The van der Waals surface area contributed by atoms with Gasteiger partial charge in [0.2, 0.25) is 5.91 Å². The summed E-state index contributed by atoms with van der Waals surface area (Å²) in [5.74, 6) is -0.244. The minimum absolute atomic E-state index is 0.0179. The first-order chi connectivity index (χ1) is 9.58. The van der Waals surface area contributed by atoms with Crippen molar-refractivity contribution < 1.29 is 14.5 Å². The van der Waals surface area contributed by atoms with Crippen LogP contribution in [0.1, 0.15) is 19.3 Å². The highest BCUT2D eigenvalue weighted by atomic mass is 16.6. The molecule has 3 amide bonds. The van der Waals surface area contributed by atoms with Crippen LogP contribution in [0.4, 0.5) is 16.2 Å². The average Bonchev–Trinajstić information content (AvgIpc) is 2.87. The summed E-state index contributed by atoms with van der Waals surface area (Å²) < 4.78 is 0. The van der Waals surface area contributed by atoms with E-state index in [4.69, 9.17) is 0 Å². The SMILES string of the molecule is O=C1CC2CCCN2C(=O)N1c1ccc([N+](=O)[O-])cc1. The van der Waals surface area contributed by atoms with E-state index in [1.165, 1.54) is 24.3 Å². The van der Waals surface area contributed by atoms with Crippen LogP contribution in [-0.4, -0.2) is 34.3 Å². The maximum atomic E-state index is 12.3. The Hall–Kier alpha value is -2.44. The second-order valence-electron chi connectivity index (χ2n) is 4.98. The molecule has 1 atom stereocenters. The lowest BCUT2D eigenvalue weighted by molar-refractivity contribution is -0.384. The van der Waals surface area contributed by atoms with Crippen molar-refractivity contribution in [3.8, 4) is 0 Å². The third-order valence-corrected chi connectivity index (χ3v) is 3.79. The van der Waals surface area contributed by atoms with Crippen LogP contribution >= 0.6 is 0 Å². The van der Waals surface area contributed by atoms with E-state index < -0.39 is 4.92 Å². The maximum absolute atomic E-state index is 12.3. The molecule has 0 saturated carbocycles. The van der Waals surface area contributed by atoms with Gasteiger partial charge in [-0.3, -0.25) is 14.9 Å². The smallest absolute Gasteiger partial charge is 0.320 e. The van der Waals surface area contributed by atoms with Crippen LogP contribution in [0.25, 0.3) is 0 Å². The molecule has 0 spiro atoms. The quantitative estimate of drug-likeness (QED) is 0.609. The van der Waals surface area contributed by atoms with E-state index in [0.29, 0.717) is 18.7 Å². The molecule has 2 fully saturated rings. The predicted molar refractivity (Wildman–Crippen MR) is 70.3 cm³/mol. The fraction of sp³-hybridized carbons (Fsp3) is 0.385. The number of benzene rings is 1. The lowest BCUT2D eigenvalue weighted by atomic mass is 10.1. The molecule has 0 bridgehead atoms. The molecule has 7 nitrogen and oxygen atoms in total. The molecule has 1 aromatic rings. The van der Waals surface area contributed by atoms with Gasteiger partial charge in [0.1, 0.15) is 0 Å². The molecule has 0 radical (unpaired) electrons. The number of amides is 3. The maximum Gasteiger partial charge on any atom is 0.331 e. The summed E-state index contributed by atoms with van der Waals surface area (Å²) in [6, 6.07) is 5.16. The number of non-ortho nitro benzene ring substituents is 1. The number of carbonyl (C=O) groups is 2. The van der Waals surface area contributed by atoms with Crippen molar-refractivity contribution in [3.05, 3.63) is 34.4 Å². The van der Waals surface area contributed by atoms with Gasteiger partial charge in [0.15, 0.2) is 0 Å². The monoisotopic (exact) mass is 275 g/mol. The van der Waals surface area contributed by atoms with Crippen LogP contribution in [0.15, 0.2) is 24.3 Å². The predicted octanol–water partition coefficient (Wildman–Crippen LogP) is 1.92. The zero-order chi connectivity index (χ0) is 14.3. The molecule has 1 unspecified atom stereocenters. The highest BCUT2D eigenvalue weighted by molar-refractivity contribution is 6.16. The van der Waals surface area contributed by atoms with Crippen molar-refractivity contribution in [2.24, 2.45) is 0 Å². The molecule has 3 rings (SSSR count). The Kier molecular flexibility index (Phi) is 2.89. The van der Waals surface area contributed by atoms with Gasteiger partial charge >= 0.3 is 6.03 Å². The van der Waals surface area contributed by atoms with Gasteiger partial charge < -0.3 is 4.90 Å². The number of anilines is 1. The molecule has 0 aliphatic carbocycles. The topological polar surface area (TPSA) is 83.8 Å². The van der Waals surface area contributed by atoms with Crippen molar-refractivity contribution >= 4 is 23.3 Å². The fourth-order valence-corrected chi connectivity index (χ4v) is 2.81. The zero-order valence-electron chi connectivity index (χ0n) is 10.7. The molecule has 0 N–H and O–H groups in total. The van der Waals surface area contributed by atoms with Gasteiger partial charge in [-0.05, 0) is 25.0 Å². The lowest BCUT2D eigenvalue weighted by Crippen LogP contribution is -2.54. The van der Waals surface area contributed by atoms with Crippen LogP contribution < -0.4 is 4.90 Å². The van der Waals surface area contributed by atoms with Gasteiger partial charge in [-0.15, -0.1) is 0 Å². The second kappa shape index (κ2) is 4.59. The molecule has 2 heterocycles. The van der Waals surface area contributed by atoms with Crippen molar-refractivity contribution in [2.45, 2.75) is 25.3 Å². The van der Waals surface area contributed by atoms with Gasteiger partial charge in [-0.2, -0.15) is 0 Å². The lowest BCUT2D eigenvalue weighted by Gasteiger charge is -2.36. The fourth-order valence-electron chi connectivity index (χ4n) is 2.81. The Morgan fingerprint density at radius 1 is 1.20 bits per heavy atom. The third kappa shape index (κ3) is 1.91. The average molecular weight is 275 g/mol. The van der Waals surface area contributed by atoms with Gasteiger partial charge in [0.05, 0.1) is 10.6 Å². The van der Waals surface area contributed by atoms with Crippen LogP contribution in [0.3, 0.4) is 0 Å². The number of nitrogens with zero attached hydrogens (tertiary/aromatic N) is 3. The normalized spacial score (nSPS) is 22.1. The summed E-state index contributed by atoms with van der Waals surface area (Å²) in [5, 5.41) is 10.6. The molecule has 104 valence electrons. The first kappa shape index (κ1) is 12.6. The van der Waals surface area contributed by atoms with Crippen molar-refractivity contribution in [1.82, 2.24) is 4.90 Å². The van der Waals surface area contributed by atoms with Gasteiger partial charge in [0, 0.05) is 31.1 Å². The van der Waals surface area contributed by atoms with E-state index >= 15 is 0 Å². The number of hydrogen-bond donors (Lipinski definition) is 0. The molecule has 20 heavy (non-hydrogen) atoms. The van der Waals surface area contributed by atoms with E-state index in [-0.39, 0.29) is 23.7 Å². The summed E-state index contributed by atoms with van der Waals surface area (Å²) in [6.07, 6.45) is 2.10. The van der Waals surface area contributed by atoms with E-state index in [1.54, 1.807) is 4.90 Å².